The molecule has 4 aliphatic rings. The Morgan fingerprint density at radius 2 is 1.32 bits per heavy atom. The van der Waals surface area contributed by atoms with Crippen molar-refractivity contribution in [3.63, 3.8) is 0 Å². The predicted octanol–water partition coefficient (Wildman–Crippen LogP) is 4.36. The lowest BCUT2D eigenvalue weighted by Crippen LogP contribution is -2.39. The van der Waals surface area contributed by atoms with E-state index in [0.717, 1.165) is 11.5 Å². The molecular weight excluding hydrogens is 388 g/mol. The molecule has 2 aromatic carbocycles. The summed E-state index contributed by atoms with van der Waals surface area (Å²) in [6.45, 7) is 6.45. The highest BCUT2D eigenvalue weighted by atomic mass is 16.5. The Morgan fingerprint density at radius 3 is 1.97 bits per heavy atom. The molecule has 162 valence electrons. The van der Waals surface area contributed by atoms with E-state index in [1.54, 1.807) is 0 Å². The van der Waals surface area contributed by atoms with Gasteiger partial charge in [0.2, 0.25) is 0 Å². The fraction of sp³-hybridized carbons (Fsp3) is 0.407. The number of aliphatic hydroxyl groups is 2. The van der Waals surface area contributed by atoms with Crippen LogP contribution in [-0.2, 0) is 10.8 Å². The molecule has 0 saturated heterocycles. The molecule has 2 N–H and O–H groups in total. The van der Waals surface area contributed by atoms with Crippen LogP contribution >= 0.6 is 0 Å². The maximum atomic E-state index is 9.64. The van der Waals surface area contributed by atoms with Crippen LogP contribution in [0.5, 0.6) is 11.5 Å². The first-order valence-corrected chi connectivity index (χ1v) is 11.1. The van der Waals surface area contributed by atoms with E-state index in [0.29, 0.717) is 12.8 Å². The molecule has 0 bridgehead atoms. The van der Waals surface area contributed by atoms with Gasteiger partial charge in [0.15, 0.2) is 0 Å². The van der Waals surface area contributed by atoms with Gasteiger partial charge in [0, 0.05) is 24.0 Å². The number of aryl methyl sites for hydroxylation is 1. The number of hydrogen-bond acceptors (Lipinski definition) is 4. The molecule has 2 aliphatic heterocycles. The monoisotopic (exact) mass is 418 g/mol. The summed E-state index contributed by atoms with van der Waals surface area (Å²) in [5, 5.41) is 19.2. The van der Waals surface area contributed by atoms with E-state index < -0.39 is 0 Å². The van der Waals surface area contributed by atoms with Crippen molar-refractivity contribution < 1.29 is 19.7 Å². The van der Waals surface area contributed by atoms with Crippen molar-refractivity contribution >= 4 is 0 Å². The molecule has 4 nitrogen and oxygen atoms in total. The summed E-state index contributed by atoms with van der Waals surface area (Å²) in [5.41, 5.74) is 3.61. The summed E-state index contributed by atoms with van der Waals surface area (Å²) in [7, 11) is 0. The van der Waals surface area contributed by atoms with Gasteiger partial charge in [-0.1, -0.05) is 60.2 Å². The fourth-order valence-corrected chi connectivity index (χ4v) is 5.28. The van der Waals surface area contributed by atoms with Gasteiger partial charge in [-0.25, -0.2) is 0 Å². The average molecular weight is 419 g/mol. The molecule has 0 aromatic heterocycles. The highest BCUT2D eigenvalue weighted by Gasteiger charge is 2.46. The summed E-state index contributed by atoms with van der Waals surface area (Å²) in [5.74, 6) is 1.93. The Bertz CT molecular complexity index is 1060. The summed E-state index contributed by atoms with van der Waals surface area (Å²) in [6, 6.07) is 14.4. The van der Waals surface area contributed by atoms with E-state index in [1.807, 2.05) is 36.4 Å². The van der Waals surface area contributed by atoms with Crippen LogP contribution in [0, 0.1) is 6.92 Å². The van der Waals surface area contributed by atoms with Crippen LogP contribution in [0.15, 0.2) is 66.8 Å². The quantitative estimate of drug-likeness (QED) is 0.624. The smallest absolute Gasteiger partial charge is 0.124 e. The van der Waals surface area contributed by atoms with Crippen molar-refractivity contribution in [2.75, 3.05) is 0 Å². The third kappa shape index (κ3) is 3.29. The summed E-state index contributed by atoms with van der Waals surface area (Å²) >= 11 is 0. The first kappa shape index (κ1) is 20.3. The Balaban J connectivity index is 0.000000132. The number of fused-ring (bicyclic) bond motifs is 6. The van der Waals surface area contributed by atoms with E-state index in [4.69, 9.17) is 9.47 Å². The zero-order valence-electron chi connectivity index (χ0n) is 18.3. The first-order chi connectivity index (χ1) is 14.8. The van der Waals surface area contributed by atoms with E-state index in [-0.39, 0.29) is 35.2 Å². The lowest BCUT2D eigenvalue weighted by atomic mass is 9.73. The molecule has 0 spiro atoms. The molecule has 2 aliphatic carbocycles. The molecule has 31 heavy (non-hydrogen) atoms. The molecule has 0 saturated carbocycles. The second-order valence-corrected chi connectivity index (χ2v) is 9.60. The summed E-state index contributed by atoms with van der Waals surface area (Å²) in [6.07, 6.45) is 8.72. The van der Waals surface area contributed by atoms with Crippen LogP contribution < -0.4 is 9.47 Å². The summed E-state index contributed by atoms with van der Waals surface area (Å²) < 4.78 is 11.8. The largest absolute Gasteiger partial charge is 0.489 e. The zero-order chi connectivity index (χ0) is 21.8. The third-order valence-electron chi connectivity index (χ3n) is 7.30. The van der Waals surface area contributed by atoms with Crippen LogP contribution in [0.1, 0.15) is 43.4 Å². The summed E-state index contributed by atoms with van der Waals surface area (Å²) in [4.78, 5) is 0. The van der Waals surface area contributed by atoms with Gasteiger partial charge < -0.3 is 19.7 Å². The number of hydrogen-bond donors (Lipinski definition) is 2. The lowest BCUT2D eigenvalue weighted by Gasteiger charge is -2.32. The molecule has 6 atom stereocenters. The maximum Gasteiger partial charge on any atom is 0.124 e. The Kier molecular flexibility index (Phi) is 4.76. The molecule has 0 fully saturated rings. The molecular formula is C27H30O4. The second kappa shape index (κ2) is 7.25. The average Bonchev–Trinajstić information content (AvgIpc) is 3.20. The van der Waals surface area contributed by atoms with Crippen LogP contribution in [-0.4, -0.2) is 34.6 Å². The van der Waals surface area contributed by atoms with Gasteiger partial charge in [-0.05, 0) is 32.9 Å². The van der Waals surface area contributed by atoms with E-state index in [1.165, 1.54) is 16.7 Å². The van der Waals surface area contributed by atoms with Crippen molar-refractivity contribution in [3.8, 4) is 11.5 Å². The van der Waals surface area contributed by atoms with Gasteiger partial charge in [-0.2, -0.15) is 0 Å². The molecule has 4 heteroatoms. The SMILES string of the molecule is CC12C=C[C@@H](O)CC1Oc1ccccc12.Cc1ccc2c(c1)C1(C)C=C[C@H](O)CC1O2. The highest BCUT2D eigenvalue weighted by Crippen LogP contribution is 2.48. The number of ether oxygens (including phenoxy) is 2. The minimum atomic E-state index is -0.367. The topological polar surface area (TPSA) is 58.9 Å². The Morgan fingerprint density at radius 1 is 0.774 bits per heavy atom. The molecule has 2 aromatic rings. The fourth-order valence-electron chi connectivity index (χ4n) is 5.28. The maximum absolute atomic E-state index is 9.64. The molecule has 2 heterocycles. The van der Waals surface area contributed by atoms with Gasteiger partial charge in [0.05, 0.1) is 23.0 Å². The lowest BCUT2D eigenvalue weighted by molar-refractivity contribution is 0.0945. The van der Waals surface area contributed by atoms with E-state index >= 15 is 0 Å². The van der Waals surface area contributed by atoms with E-state index in [9.17, 15) is 10.2 Å². The van der Waals surface area contributed by atoms with Gasteiger partial charge in [-0.15, -0.1) is 0 Å². The van der Waals surface area contributed by atoms with Gasteiger partial charge in [0.25, 0.3) is 0 Å². The second-order valence-electron chi connectivity index (χ2n) is 9.60. The van der Waals surface area contributed by atoms with Crippen molar-refractivity contribution in [2.24, 2.45) is 0 Å². The number of benzene rings is 2. The van der Waals surface area contributed by atoms with Crippen LogP contribution in [0.25, 0.3) is 0 Å². The third-order valence-corrected chi connectivity index (χ3v) is 7.30. The van der Waals surface area contributed by atoms with Crippen LogP contribution in [0.2, 0.25) is 0 Å². The van der Waals surface area contributed by atoms with E-state index in [2.05, 4.69) is 51.1 Å². The zero-order valence-corrected chi connectivity index (χ0v) is 18.3. The number of rotatable bonds is 0. The van der Waals surface area contributed by atoms with Gasteiger partial charge in [-0.3, -0.25) is 0 Å². The van der Waals surface area contributed by atoms with Crippen molar-refractivity contribution in [1.29, 1.82) is 0 Å². The highest BCUT2D eigenvalue weighted by molar-refractivity contribution is 5.51. The first-order valence-electron chi connectivity index (χ1n) is 11.1. The normalized spacial score (nSPS) is 36.2. The molecule has 0 radical (unpaired) electrons. The van der Waals surface area contributed by atoms with Crippen molar-refractivity contribution in [2.45, 2.75) is 68.9 Å². The van der Waals surface area contributed by atoms with Crippen molar-refractivity contribution in [1.82, 2.24) is 0 Å². The molecule has 4 unspecified atom stereocenters. The molecule has 0 amide bonds. The Hall–Kier alpha value is -2.56. The minimum absolute atomic E-state index is 0.0597. The Labute approximate surface area is 183 Å². The van der Waals surface area contributed by atoms with Crippen molar-refractivity contribution in [3.05, 3.63) is 83.5 Å². The van der Waals surface area contributed by atoms with Crippen LogP contribution in [0.3, 0.4) is 0 Å². The van der Waals surface area contributed by atoms with Gasteiger partial charge >= 0.3 is 0 Å². The number of aliphatic hydroxyl groups excluding tert-OH is 2. The molecule has 6 rings (SSSR count). The van der Waals surface area contributed by atoms with Crippen LogP contribution in [0.4, 0.5) is 0 Å². The minimum Gasteiger partial charge on any atom is -0.489 e. The van der Waals surface area contributed by atoms with Gasteiger partial charge in [0.1, 0.15) is 23.7 Å². The predicted molar refractivity (Wildman–Crippen MR) is 121 cm³/mol. The number of para-hydroxylation sites is 1. The standard InChI is InChI=1S/C14H16O2.C13H14O2/c1-9-3-4-12-11(7-9)14(2)6-5-10(15)8-13(14)16-12;1-13-7-6-9(14)8-12(13)15-11-5-3-2-4-10(11)13/h3-7,10,13,15H,8H2,1-2H3;2-7,9,12,14H,8H2,1H3/t10-,13?,14?;9-,12?,13?/m01/s1.